The van der Waals surface area contributed by atoms with Gasteiger partial charge < -0.3 is 4.74 Å². The van der Waals surface area contributed by atoms with Gasteiger partial charge in [-0.05, 0) is 36.4 Å². The summed E-state index contributed by atoms with van der Waals surface area (Å²) in [4.78, 5) is 16.7. The molecular formula is C21H16N2O4S. The predicted molar refractivity (Wildman–Crippen MR) is 106 cm³/mol. The largest absolute Gasteiger partial charge is 0.465 e. The van der Waals surface area contributed by atoms with Gasteiger partial charge in [-0.15, -0.1) is 0 Å². The van der Waals surface area contributed by atoms with Crippen molar-refractivity contribution in [3.8, 4) is 11.4 Å². The molecule has 0 saturated heterocycles. The van der Waals surface area contributed by atoms with Crippen molar-refractivity contribution in [3.63, 3.8) is 0 Å². The maximum absolute atomic E-state index is 13.5. The van der Waals surface area contributed by atoms with Crippen molar-refractivity contribution in [1.82, 2.24) is 8.96 Å². The van der Waals surface area contributed by atoms with E-state index in [1.54, 1.807) is 48.5 Å². The number of benzene rings is 2. The first kappa shape index (κ1) is 17.9. The average molecular weight is 392 g/mol. The zero-order valence-electron chi connectivity index (χ0n) is 14.9. The lowest BCUT2D eigenvalue weighted by Crippen LogP contribution is -2.15. The maximum atomic E-state index is 13.5. The molecule has 0 atom stereocenters. The van der Waals surface area contributed by atoms with E-state index in [4.69, 9.17) is 4.74 Å². The number of fused-ring (bicyclic) bond motifs is 1. The van der Waals surface area contributed by atoms with Crippen molar-refractivity contribution < 1.29 is 17.9 Å². The Morgan fingerprint density at radius 3 is 2.43 bits per heavy atom. The topological polar surface area (TPSA) is 78.3 Å². The second-order valence-electron chi connectivity index (χ2n) is 6.06. The minimum Gasteiger partial charge on any atom is -0.465 e. The Morgan fingerprint density at radius 1 is 0.964 bits per heavy atom. The van der Waals surface area contributed by atoms with Crippen LogP contribution in [0.5, 0.6) is 0 Å². The van der Waals surface area contributed by atoms with Crippen LogP contribution in [0.15, 0.2) is 83.9 Å². The van der Waals surface area contributed by atoms with Crippen LogP contribution in [-0.4, -0.2) is 30.5 Å². The predicted octanol–water partition coefficient (Wildman–Crippen LogP) is 3.73. The van der Waals surface area contributed by atoms with Gasteiger partial charge >= 0.3 is 5.97 Å². The van der Waals surface area contributed by atoms with Gasteiger partial charge in [-0.25, -0.2) is 17.2 Å². The van der Waals surface area contributed by atoms with Gasteiger partial charge in [0.05, 0.1) is 28.8 Å². The number of carbonyl (C=O) groups is 1. The van der Waals surface area contributed by atoms with Gasteiger partial charge in [0, 0.05) is 11.6 Å². The molecule has 7 heteroatoms. The van der Waals surface area contributed by atoms with Crippen LogP contribution in [0.25, 0.3) is 22.3 Å². The summed E-state index contributed by atoms with van der Waals surface area (Å²) in [6.07, 6.45) is 1.51. The number of pyridine rings is 1. The van der Waals surface area contributed by atoms with E-state index in [0.29, 0.717) is 11.2 Å². The minimum atomic E-state index is -3.93. The molecule has 0 amide bonds. The zero-order chi connectivity index (χ0) is 19.7. The Labute approximate surface area is 162 Å². The molecule has 0 fully saturated rings. The molecule has 0 saturated carbocycles. The number of ether oxygens (including phenoxy) is 1. The fourth-order valence-electron chi connectivity index (χ4n) is 3.14. The highest BCUT2D eigenvalue weighted by Gasteiger charge is 2.26. The molecule has 0 unspecified atom stereocenters. The number of para-hydroxylation sites is 1. The SMILES string of the molecule is COC(=O)c1cccnc1-c1cc2ccccc2n1S(=O)(=O)c1ccccc1. The first-order chi connectivity index (χ1) is 13.5. The molecule has 0 N–H and O–H groups in total. The second kappa shape index (κ2) is 6.94. The van der Waals surface area contributed by atoms with Gasteiger partial charge in [-0.3, -0.25) is 4.98 Å². The number of rotatable bonds is 4. The molecule has 2 heterocycles. The van der Waals surface area contributed by atoms with Gasteiger partial charge in [0.1, 0.15) is 5.69 Å². The van der Waals surface area contributed by atoms with Crippen LogP contribution >= 0.6 is 0 Å². The summed E-state index contributed by atoms with van der Waals surface area (Å²) in [6.45, 7) is 0. The monoisotopic (exact) mass is 392 g/mol. The summed E-state index contributed by atoms with van der Waals surface area (Å²) in [7, 11) is -2.65. The Balaban J connectivity index is 2.08. The van der Waals surface area contributed by atoms with E-state index in [2.05, 4.69) is 4.98 Å². The quantitative estimate of drug-likeness (QED) is 0.495. The van der Waals surface area contributed by atoms with E-state index in [-0.39, 0.29) is 16.2 Å². The molecule has 2 aromatic heterocycles. The molecular weight excluding hydrogens is 376 g/mol. The van der Waals surface area contributed by atoms with Crippen molar-refractivity contribution >= 4 is 26.9 Å². The lowest BCUT2D eigenvalue weighted by Gasteiger charge is -2.13. The van der Waals surface area contributed by atoms with Gasteiger partial charge in [-0.2, -0.15) is 0 Å². The number of methoxy groups -OCH3 is 1. The third kappa shape index (κ3) is 2.86. The lowest BCUT2D eigenvalue weighted by molar-refractivity contribution is 0.0601. The molecule has 6 nitrogen and oxygen atoms in total. The third-order valence-corrected chi connectivity index (χ3v) is 6.15. The van der Waals surface area contributed by atoms with Gasteiger partial charge in [-0.1, -0.05) is 36.4 Å². The highest BCUT2D eigenvalue weighted by atomic mass is 32.2. The standard InChI is InChI=1S/C21H16N2O4S/c1-27-21(24)17-11-7-13-22-20(17)19-14-15-8-5-6-12-18(15)23(19)28(25,26)16-9-3-2-4-10-16/h2-14H,1H3. The summed E-state index contributed by atoms with van der Waals surface area (Å²) in [5, 5.41) is 0.721. The van der Waals surface area contributed by atoms with E-state index in [0.717, 1.165) is 5.39 Å². The smallest absolute Gasteiger partial charge is 0.340 e. The van der Waals surface area contributed by atoms with Crippen LogP contribution < -0.4 is 0 Å². The molecule has 0 bridgehead atoms. The van der Waals surface area contributed by atoms with Crippen molar-refractivity contribution in [2.45, 2.75) is 4.90 Å². The summed E-state index contributed by atoms with van der Waals surface area (Å²) in [5.41, 5.74) is 1.23. The number of nitrogens with zero attached hydrogens (tertiary/aromatic N) is 2. The molecule has 0 aliphatic heterocycles. The number of hydrogen-bond acceptors (Lipinski definition) is 5. The molecule has 140 valence electrons. The summed E-state index contributed by atoms with van der Waals surface area (Å²) in [6, 6.07) is 20.2. The van der Waals surface area contributed by atoms with Crippen LogP contribution in [0.4, 0.5) is 0 Å². The molecule has 4 rings (SSSR count). The van der Waals surface area contributed by atoms with Crippen molar-refractivity contribution in [2.24, 2.45) is 0 Å². The Morgan fingerprint density at radius 2 is 1.68 bits per heavy atom. The van der Waals surface area contributed by atoms with Crippen molar-refractivity contribution in [3.05, 3.63) is 84.6 Å². The second-order valence-corrected chi connectivity index (χ2v) is 7.85. The normalized spacial score (nSPS) is 11.5. The number of aromatic nitrogens is 2. The van der Waals surface area contributed by atoms with Crippen molar-refractivity contribution in [2.75, 3.05) is 7.11 Å². The molecule has 4 aromatic rings. The molecule has 28 heavy (non-hydrogen) atoms. The fourth-order valence-corrected chi connectivity index (χ4v) is 4.67. The van der Waals surface area contributed by atoms with E-state index in [9.17, 15) is 13.2 Å². The van der Waals surface area contributed by atoms with Gasteiger partial charge in [0.2, 0.25) is 0 Å². The average Bonchev–Trinajstić information content (AvgIpc) is 3.14. The molecule has 0 radical (unpaired) electrons. The molecule has 0 aliphatic rings. The molecule has 0 spiro atoms. The number of carbonyl (C=O) groups excluding carboxylic acids is 1. The first-order valence-electron chi connectivity index (χ1n) is 8.49. The van der Waals surface area contributed by atoms with Crippen LogP contribution in [0, 0.1) is 0 Å². The van der Waals surface area contributed by atoms with Crippen LogP contribution in [0.1, 0.15) is 10.4 Å². The Hall–Kier alpha value is -3.45. The fraction of sp³-hybridized carbons (Fsp3) is 0.0476. The van der Waals surface area contributed by atoms with E-state index >= 15 is 0 Å². The highest BCUT2D eigenvalue weighted by Crippen LogP contribution is 2.33. The van der Waals surface area contributed by atoms with Crippen LogP contribution in [0.3, 0.4) is 0 Å². The summed E-state index contributed by atoms with van der Waals surface area (Å²) < 4.78 is 33.0. The van der Waals surface area contributed by atoms with Crippen LogP contribution in [-0.2, 0) is 14.8 Å². The van der Waals surface area contributed by atoms with E-state index in [1.165, 1.54) is 29.4 Å². The highest BCUT2D eigenvalue weighted by molar-refractivity contribution is 7.90. The zero-order valence-corrected chi connectivity index (χ0v) is 15.8. The Kier molecular flexibility index (Phi) is 4.44. The Bertz CT molecular complexity index is 1280. The maximum Gasteiger partial charge on any atom is 0.340 e. The summed E-state index contributed by atoms with van der Waals surface area (Å²) >= 11 is 0. The van der Waals surface area contributed by atoms with Crippen LogP contribution in [0.2, 0.25) is 0 Å². The van der Waals surface area contributed by atoms with E-state index in [1.807, 2.05) is 12.1 Å². The number of hydrogen-bond donors (Lipinski definition) is 0. The number of esters is 1. The summed E-state index contributed by atoms with van der Waals surface area (Å²) in [5.74, 6) is -0.586. The van der Waals surface area contributed by atoms with Gasteiger partial charge in [0.15, 0.2) is 0 Å². The van der Waals surface area contributed by atoms with Gasteiger partial charge in [0.25, 0.3) is 10.0 Å². The minimum absolute atomic E-state index is 0.146. The van der Waals surface area contributed by atoms with E-state index < -0.39 is 16.0 Å². The first-order valence-corrected chi connectivity index (χ1v) is 9.93. The molecule has 0 aliphatic carbocycles. The lowest BCUT2D eigenvalue weighted by atomic mass is 10.1. The van der Waals surface area contributed by atoms with Crippen molar-refractivity contribution in [1.29, 1.82) is 0 Å². The third-order valence-electron chi connectivity index (χ3n) is 4.40. The molecule has 2 aromatic carbocycles.